The van der Waals surface area contributed by atoms with E-state index in [2.05, 4.69) is 47.7 Å². The molecule has 28 heavy (non-hydrogen) atoms. The average Bonchev–Trinajstić information content (AvgIpc) is 3.09. The van der Waals surface area contributed by atoms with Crippen LogP contribution in [0.1, 0.15) is 87.0 Å². The molecule has 1 aliphatic heterocycles. The van der Waals surface area contributed by atoms with Gasteiger partial charge in [0.05, 0.1) is 18.6 Å². The van der Waals surface area contributed by atoms with Gasteiger partial charge in [0.2, 0.25) is 0 Å². The van der Waals surface area contributed by atoms with E-state index in [0.29, 0.717) is 19.0 Å². The Labute approximate surface area is 174 Å². The van der Waals surface area contributed by atoms with Crippen molar-refractivity contribution in [2.75, 3.05) is 13.2 Å². The van der Waals surface area contributed by atoms with Gasteiger partial charge in [-0.25, -0.2) is 0 Å². The molecule has 2 fully saturated rings. The summed E-state index contributed by atoms with van der Waals surface area (Å²) in [6, 6.07) is 0. The number of hydrogen-bond donors (Lipinski definition) is 0. The lowest BCUT2D eigenvalue weighted by Gasteiger charge is -2.52. The number of rotatable bonds is 7. The predicted molar refractivity (Wildman–Crippen MR) is 117 cm³/mol. The van der Waals surface area contributed by atoms with E-state index in [1.807, 2.05) is 13.8 Å². The Bertz CT molecular complexity index is 557. The number of Topliss-reactive ketones (excluding diaryl/α,β-unsaturated/α-hetero) is 1. The van der Waals surface area contributed by atoms with Crippen molar-refractivity contribution in [3.63, 3.8) is 0 Å². The van der Waals surface area contributed by atoms with Crippen LogP contribution in [-0.4, -0.2) is 39.2 Å². The van der Waals surface area contributed by atoms with Crippen molar-refractivity contribution >= 4 is 14.1 Å². The Morgan fingerprint density at radius 2 is 1.68 bits per heavy atom. The fourth-order valence-electron chi connectivity index (χ4n) is 4.76. The minimum atomic E-state index is -1.81. The topological polar surface area (TPSA) is 44.8 Å². The first-order valence-corrected chi connectivity index (χ1v) is 14.2. The average molecular weight is 413 g/mol. The minimum Gasteiger partial charge on any atom is -0.414 e. The van der Waals surface area contributed by atoms with Crippen molar-refractivity contribution in [1.82, 2.24) is 0 Å². The highest BCUT2D eigenvalue weighted by molar-refractivity contribution is 6.74. The first-order chi connectivity index (χ1) is 12.8. The Hall–Kier alpha value is -0.233. The van der Waals surface area contributed by atoms with Crippen LogP contribution in [-0.2, 0) is 18.7 Å². The van der Waals surface area contributed by atoms with Gasteiger partial charge in [0, 0.05) is 17.9 Å². The number of carbonyl (C=O) groups excluding carboxylic acids is 1. The molecule has 164 valence electrons. The van der Waals surface area contributed by atoms with E-state index in [4.69, 9.17) is 13.9 Å². The van der Waals surface area contributed by atoms with E-state index in [1.165, 1.54) is 0 Å². The molecule has 1 saturated heterocycles. The molecule has 2 aliphatic rings. The van der Waals surface area contributed by atoms with Gasteiger partial charge < -0.3 is 13.9 Å². The molecular weight excluding hydrogens is 368 g/mol. The van der Waals surface area contributed by atoms with Crippen molar-refractivity contribution < 1.29 is 18.7 Å². The van der Waals surface area contributed by atoms with Crippen LogP contribution in [0.25, 0.3) is 0 Å². The molecule has 1 aliphatic carbocycles. The summed E-state index contributed by atoms with van der Waals surface area (Å²) in [4.78, 5) is 13.7. The Morgan fingerprint density at radius 3 is 2.14 bits per heavy atom. The number of carbonyl (C=O) groups is 1. The monoisotopic (exact) mass is 412 g/mol. The summed E-state index contributed by atoms with van der Waals surface area (Å²) in [5.41, 5.74) is -0.895. The van der Waals surface area contributed by atoms with Crippen molar-refractivity contribution in [3.05, 3.63) is 0 Å². The first-order valence-electron chi connectivity index (χ1n) is 11.3. The molecule has 0 N–H and O–H groups in total. The van der Waals surface area contributed by atoms with Gasteiger partial charge in [0.25, 0.3) is 0 Å². The molecule has 2 atom stereocenters. The maximum Gasteiger partial charge on any atom is 0.192 e. The van der Waals surface area contributed by atoms with Crippen molar-refractivity contribution in [2.45, 2.75) is 117 Å². The maximum absolute atomic E-state index is 13.7. The molecule has 2 rings (SSSR count). The molecule has 5 heteroatoms. The van der Waals surface area contributed by atoms with Gasteiger partial charge in [-0.2, -0.15) is 0 Å². The zero-order valence-electron chi connectivity index (χ0n) is 19.9. The number of hydrogen-bond acceptors (Lipinski definition) is 4. The van der Waals surface area contributed by atoms with Crippen LogP contribution in [0.4, 0.5) is 0 Å². The molecule has 0 bridgehead atoms. The smallest absolute Gasteiger partial charge is 0.192 e. The summed E-state index contributed by atoms with van der Waals surface area (Å²) in [6.45, 7) is 21.1. The van der Waals surface area contributed by atoms with Crippen LogP contribution >= 0.6 is 0 Å². The van der Waals surface area contributed by atoms with E-state index in [1.54, 1.807) is 0 Å². The van der Waals surface area contributed by atoms with E-state index in [0.717, 1.165) is 38.5 Å². The van der Waals surface area contributed by atoms with Gasteiger partial charge >= 0.3 is 0 Å². The van der Waals surface area contributed by atoms with Crippen LogP contribution in [0.5, 0.6) is 0 Å². The van der Waals surface area contributed by atoms with Gasteiger partial charge in [-0.3, -0.25) is 4.79 Å². The van der Waals surface area contributed by atoms with Crippen molar-refractivity contribution in [3.8, 4) is 0 Å². The van der Waals surface area contributed by atoms with E-state index in [-0.39, 0.29) is 16.6 Å². The molecule has 4 nitrogen and oxygen atoms in total. The van der Waals surface area contributed by atoms with Gasteiger partial charge in [-0.1, -0.05) is 34.6 Å². The lowest BCUT2D eigenvalue weighted by atomic mass is 9.57. The fraction of sp³-hybridized carbons (Fsp3) is 0.957. The summed E-state index contributed by atoms with van der Waals surface area (Å²) in [7, 11) is -1.81. The molecule has 0 amide bonds. The second kappa shape index (κ2) is 8.13. The molecule has 0 radical (unpaired) electrons. The zero-order valence-corrected chi connectivity index (χ0v) is 20.9. The second-order valence-electron chi connectivity index (χ2n) is 11.0. The number of ketones is 1. The molecule has 2 unspecified atom stereocenters. The van der Waals surface area contributed by atoms with E-state index < -0.39 is 19.5 Å². The fourth-order valence-corrected chi connectivity index (χ4v) is 6.23. The molecule has 0 aromatic heterocycles. The SMILES string of the molecule is CCC(CCC1(CC)CCC2(OCCO2)C(C)(C)C1=O)O[Si](C)(C)C(C)(C)C. The highest BCUT2D eigenvalue weighted by Gasteiger charge is 2.62. The third-order valence-electron chi connectivity index (χ3n) is 8.03. The molecule has 1 spiro atoms. The third-order valence-corrected chi connectivity index (χ3v) is 12.6. The predicted octanol–water partition coefficient (Wildman–Crippen LogP) is 6.10. The highest BCUT2D eigenvalue weighted by atomic mass is 28.4. The Morgan fingerprint density at radius 1 is 1.11 bits per heavy atom. The highest BCUT2D eigenvalue weighted by Crippen LogP contribution is 2.55. The van der Waals surface area contributed by atoms with E-state index in [9.17, 15) is 4.79 Å². The van der Waals surface area contributed by atoms with Crippen LogP contribution in [0.2, 0.25) is 18.1 Å². The van der Waals surface area contributed by atoms with Gasteiger partial charge in [-0.15, -0.1) is 0 Å². The second-order valence-corrected chi connectivity index (χ2v) is 15.7. The molecule has 1 heterocycles. The summed E-state index contributed by atoms with van der Waals surface area (Å²) < 4.78 is 18.7. The standard InChI is InChI=1S/C23H44O4Si/c1-10-18(27-28(8,9)20(3,4)5)12-13-22(11-2)14-15-23(25-16-17-26-23)21(6,7)19(22)24/h18H,10-17H2,1-9H3. The molecule has 0 aromatic carbocycles. The van der Waals surface area contributed by atoms with Crippen molar-refractivity contribution in [1.29, 1.82) is 0 Å². The van der Waals surface area contributed by atoms with Crippen LogP contribution < -0.4 is 0 Å². The van der Waals surface area contributed by atoms with Gasteiger partial charge in [0.15, 0.2) is 14.1 Å². The van der Waals surface area contributed by atoms with Gasteiger partial charge in [0.1, 0.15) is 5.78 Å². The summed E-state index contributed by atoms with van der Waals surface area (Å²) in [5, 5.41) is 0.203. The largest absolute Gasteiger partial charge is 0.414 e. The molecular formula is C23H44O4Si. The van der Waals surface area contributed by atoms with Crippen molar-refractivity contribution in [2.24, 2.45) is 10.8 Å². The lowest BCUT2D eigenvalue weighted by molar-refractivity contribution is -0.248. The summed E-state index contributed by atoms with van der Waals surface area (Å²) in [6.07, 6.45) is 5.61. The third kappa shape index (κ3) is 4.14. The Balaban J connectivity index is 2.13. The van der Waals surface area contributed by atoms with Crippen LogP contribution in [0.3, 0.4) is 0 Å². The maximum atomic E-state index is 13.7. The quantitative estimate of drug-likeness (QED) is 0.474. The minimum absolute atomic E-state index is 0.203. The number of ether oxygens (including phenoxy) is 2. The van der Waals surface area contributed by atoms with E-state index >= 15 is 0 Å². The lowest BCUT2D eigenvalue weighted by Crippen LogP contribution is -2.60. The van der Waals surface area contributed by atoms with Gasteiger partial charge in [-0.05, 0) is 64.1 Å². The molecule has 1 saturated carbocycles. The first kappa shape index (κ1) is 24.0. The molecule has 0 aromatic rings. The normalized spacial score (nSPS) is 28.7. The summed E-state index contributed by atoms with van der Waals surface area (Å²) in [5.74, 6) is -0.400. The Kier molecular flexibility index (Phi) is 6.98. The zero-order chi connectivity index (χ0) is 21.4. The summed E-state index contributed by atoms with van der Waals surface area (Å²) >= 11 is 0. The van der Waals surface area contributed by atoms with Crippen LogP contribution in [0.15, 0.2) is 0 Å². The van der Waals surface area contributed by atoms with Crippen LogP contribution in [0, 0.1) is 10.8 Å².